The summed E-state index contributed by atoms with van der Waals surface area (Å²) in [6, 6.07) is 12.4. The number of rotatable bonds is 4. The number of aromatic amines is 1. The van der Waals surface area contributed by atoms with E-state index in [1.54, 1.807) is 13.0 Å². The molecule has 2 N–H and O–H groups in total. The molecule has 0 aliphatic carbocycles. The molecular formula is C18H17FN2O. The molecule has 0 spiro atoms. The van der Waals surface area contributed by atoms with Crippen LogP contribution in [0.1, 0.15) is 17.5 Å². The van der Waals surface area contributed by atoms with Gasteiger partial charge in [0.25, 0.3) is 0 Å². The third kappa shape index (κ3) is 3.01. The second-order valence-electron chi connectivity index (χ2n) is 5.37. The number of hydrogen-bond donors (Lipinski definition) is 2. The number of nitrogens with one attached hydrogen (secondary N) is 2. The standard InChI is InChI=1S/C18H17FN2O/c1-12-10-14(19)7-8-16(12)21-18(22)9-6-13-11-20-17-5-3-2-4-15(13)17/h2-5,7-8,10-11,20H,6,9H2,1H3,(H,21,22). The summed E-state index contributed by atoms with van der Waals surface area (Å²) in [4.78, 5) is 15.3. The monoisotopic (exact) mass is 296 g/mol. The molecule has 112 valence electrons. The van der Waals surface area contributed by atoms with Crippen molar-refractivity contribution in [2.45, 2.75) is 19.8 Å². The minimum Gasteiger partial charge on any atom is -0.361 e. The van der Waals surface area contributed by atoms with E-state index in [1.807, 2.05) is 30.5 Å². The number of amides is 1. The highest BCUT2D eigenvalue weighted by Crippen LogP contribution is 2.20. The van der Waals surface area contributed by atoms with Crippen LogP contribution in [-0.4, -0.2) is 10.9 Å². The number of hydrogen-bond acceptors (Lipinski definition) is 1. The van der Waals surface area contributed by atoms with Gasteiger partial charge >= 0.3 is 0 Å². The van der Waals surface area contributed by atoms with Gasteiger partial charge in [-0.1, -0.05) is 18.2 Å². The van der Waals surface area contributed by atoms with Crippen molar-refractivity contribution >= 4 is 22.5 Å². The predicted octanol–water partition coefficient (Wildman–Crippen LogP) is 4.19. The fourth-order valence-corrected chi connectivity index (χ4v) is 2.57. The van der Waals surface area contributed by atoms with Crippen molar-refractivity contribution < 1.29 is 9.18 Å². The van der Waals surface area contributed by atoms with Gasteiger partial charge in [0.2, 0.25) is 5.91 Å². The molecule has 0 aliphatic heterocycles. The minimum absolute atomic E-state index is 0.0695. The number of para-hydroxylation sites is 1. The maximum atomic E-state index is 13.1. The lowest BCUT2D eigenvalue weighted by Crippen LogP contribution is -2.13. The van der Waals surface area contributed by atoms with E-state index in [-0.39, 0.29) is 11.7 Å². The Labute approximate surface area is 128 Å². The maximum absolute atomic E-state index is 13.1. The van der Waals surface area contributed by atoms with E-state index >= 15 is 0 Å². The van der Waals surface area contributed by atoms with E-state index < -0.39 is 0 Å². The van der Waals surface area contributed by atoms with E-state index in [9.17, 15) is 9.18 Å². The van der Waals surface area contributed by atoms with Crippen LogP contribution in [0, 0.1) is 12.7 Å². The van der Waals surface area contributed by atoms with Crippen LogP contribution in [0.4, 0.5) is 10.1 Å². The van der Waals surface area contributed by atoms with Gasteiger partial charge in [-0.15, -0.1) is 0 Å². The van der Waals surface area contributed by atoms with Gasteiger partial charge in [0.1, 0.15) is 5.82 Å². The van der Waals surface area contributed by atoms with Gasteiger partial charge in [-0.25, -0.2) is 4.39 Å². The number of H-pyrrole nitrogens is 1. The van der Waals surface area contributed by atoms with Crippen LogP contribution in [0.15, 0.2) is 48.7 Å². The molecule has 0 bridgehead atoms. The number of anilines is 1. The molecule has 3 aromatic rings. The van der Waals surface area contributed by atoms with E-state index in [1.165, 1.54) is 12.1 Å². The van der Waals surface area contributed by atoms with Crippen molar-refractivity contribution in [3.05, 3.63) is 65.6 Å². The van der Waals surface area contributed by atoms with Gasteiger partial charge in [0.15, 0.2) is 0 Å². The highest BCUT2D eigenvalue weighted by Gasteiger charge is 2.08. The first-order valence-corrected chi connectivity index (χ1v) is 7.24. The Morgan fingerprint density at radius 3 is 2.86 bits per heavy atom. The third-order valence-electron chi connectivity index (χ3n) is 3.76. The summed E-state index contributed by atoms with van der Waals surface area (Å²) in [5, 5.41) is 3.98. The van der Waals surface area contributed by atoms with Crippen LogP contribution < -0.4 is 5.32 Å². The number of fused-ring (bicyclic) bond motifs is 1. The van der Waals surface area contributed by atoms with Crippen molar-refractivity contribution in [1.82, 2.24) is 4.98 Å². The number of carbonyl (C=O) groups is 1. The zero-order valence-electron chi connectivity index (χ0n) is 12.3. The fourth-order valence-electron chi connectivity index (χ4n) is 2.57. The fraction of sp³-hybridized carbons (Fsp3) is 0.167. The molecule has 1 aromatic heterocycles. The molecule has 0 aliphatic rings. The van der Waals surface area contributed by atoms with Crippen LogP contribution in [0.2, 0.25) is 0 Å². The molecule has 0 atom stereocenters. The quantitative estimate of drug-likeness (QED) is 0.745. The highest BCUT2D eigenvalue weighted by molar-refractivity contribution is 5.92. The van der Waals surface area contributed by atoms with Crippen LogP contribution >= 0.6 is 0 Å². The van der Waals surface area contributed by atoms with Crippen molar-refractivity contribution in [3.63, 3.8) is 0 Å². The molecule has 3 nitrogen and oxygen atoms in total. The normalized spacial score (nSPS) is 10.8. The predicted molar refractivity (Wildman–Crippen MR) is 86.4 cm³/mol. The summed E-state index contributed by atoms with van der Waals surface area (Å²) in [6.07, 6.45) is 3.00. The molecule has 0 radical (unpaired) electrons. The Kier molecular flexibility index (Phi) is 3.92. The Morgan fingerprint density at radius 2 is 2.05 bits per heavy atom. The average Bonchev–Trinajstić information content (AvgIpc) is 2.91. The Balaban J connectivity index is 1.65. The van der Waals surface area contributed by atoms with Crippen molar-refractivity contribution in [2.75, 3.05) is 5.32 Å². The zero-order chi connectivity index (χ0) is 15.5. The lowest BCUT2D eigenvalue weighted by molar-refractivity contribution is -0.116. The minimum atomic E-state index is -0.297. The molecule has 4 heteroatoms. The molecular weight excluding hydrogens is 279 g/mol. The molecule has 0 unspecified atom stereocenters. The van der Waals surface area contributed by atoms with Crippen LogP contribution in [-0.2, 0) is 11.2 Å². The number of carbonyl (C=O) groups excluding carboxylic acids is 1. The van der Waals surface area contributed by atoms with Gasteiger partial charge in [-0.3, -0.25) is 4.79 Å². The number of halogens is 1. The maximum Gasteiger partial charge on any atom is 0.224 e. The molecule has 2 aromatic carbocycles. The number of benzene rings is 2. The molecule has 3 rings (SSSR count). The first-order valence-electron chi connectivity index (χ1n) is 7.24. The largest absolute Gasteiger partial charge is 0.361 e. The number of aromatic nitrogens is 1. The second kappa shape index (κ2) is 6.02. The third-order valence-corrected chi connectivity index (χ3v) is 3.76. The summed E-state index contributed by atoms with van der Waals surface area (Å²) < 4.78 is 13.1. The first-order chi connectivity index (χ1) is 10.6. The average molecular weight is 296 g/mol. The van der Waals surface area contributed by atoms with E-state index in [0.717, 1.165) is 22.0 Å². The van der Waals surface area contributed by atoms with E-state index in [0.29, 0.717) is 18.5 Å². The molecule has 1 amide bonds. The van der Waals surface area contributed by atoms with Gasteiger partial charge in [0.05, 0.1) is 0 Å². The topological polar surface area (TPSA) is 44.9 Å². The Hall–Kier alpha value is -2.62. The van der Waals surface area contributed by atoms with Gasteiger partial charge in [-0.05, 0) is 48.7 Å². The molecule has 22 heavy (non-hydrogen) atoms. The summed E-state index contributed by atoms with van der Waals surface area (Å²) in [5.74, 6) is -0.366. The van der Waals surface area contributed by atoms with Crippen LogP contribution in [0.5, 0.6) is 0 Å². The van der Waals surface area contributed by atoms with Crippen LogP contribution in [0.25, 0.3) is 10.9 Å². The smallest absolute Gasteiger partial charge is 0.224 e. The van der Waals surface area contributed by atoms with Crippen molar-refractivity contribution in [3.8, 4) is 0 Å². The number of aryl methyl sites for hydroxylation is 2. The van der Waals surface area contributed by atoms with E-state index in [2.05, 4.69) is 10.3 Å². The lowest BCUT2D eigenvalue weighted by Gasteiger charge is -2.08. The van der Waals surface area contributed by atoms with Crippen molar-refractivity contribution in [2.24, 2.45) is 0 Å². The SMILES string of the molecule is Cc1cc(F)ccc1NC(=O)CCc1c[nH]c2ccccc12. The van der Waals surface area contributed by atoms with Gasteiger partial charge in [-0.2, -0.15) is 0 Å². The van der Waals surface area contributed by atoms with E-state index in [4.69, 9.17) is 0 Å². The van der Waals surface area contributed by atoms with Gasteiger partial charge in [0, 0.05) is 29.2 Å². The summed E-state index contributed by atoms with van der Waals surface area (Å²) >= 11 is 0. The zero-order valence-corrected chi connectivity index (χ0v) is 12.3. The summed E-state index contributed by atoms with van der Waals surface area (Å²) in [7, 11) is 0. The molecule has 0 saturated heterocycles. The lowest BCUT2D eigenvalue weighted by atomic mass is 10.1. The highest BCUT2D eigenvalue weighted by atomic mass is 19.1. The van der Waals surface area contributed by atoms with Crippen LogP contribution in [0.3, 0.4) is 0 Å². The first kappa shape index (κ1) is 14.3. The Bertz CT molecular complexity index is 823. The van der Waals surface area contributed by atoms with Gasteiger partial charge < -0.3 is 10.3 Å². The molecule has 0 saturated carbocycles. The Morgan fingerprint density at radius 1 is 1.23 bits per heavy atom. The molecule has 0 fully saturated rings. The molecule has 1 heterocycles. The summed E-state index contributed by atoms with van der Waals surface area (Å²) in [6.45, 7) is 1.78. The van der Waals surface area contributed by atoms with Crippen molar-refractivity contribution in [1.29, 1.82) is 0 Å². The summed E-state index contributed by atoms with van der Waals surface area (Å²) in [5.41, 5.74) is 3.58. The second-order valence-corrected chi connectivity index (χ2v) is 5.37.